The number of allylic oxidation sites excluding steroid dienone is 10. The molecule has 0 aromatic heterocycles. The first-order valence-electron chi connectivity index (χ1n) is 35.8. The second-order valence-corrected chi connectivity index (χ2v) is 24.1. The van der Waals surface area contributed by atoms with Crippen molar-refractivity contribution in [3.05, 3.63) is 60.8 Å². The van der Waals surface area contributed by atoms with E-state index in [1.54, 1.807) is 0 Å². The summed E-state index contributed by atoms with van der Waals surface area (Å²) in [6.07, 6.45) is 89.6. The van der Waals surface area contributed by atoms with Gasteiger partial charge in [0, 0.05) is 19.3 Å². The number of rotatable bonds is 66. The fourth-order valence-corrected chi connectivity index (χ4v) is 10.7. The van der Waals surface area contributed by atoms with Crippen molar-refractivity contribution in [2.24, 2.45) is 0 Å². The maximum absolute atomic E-state index is 13.0. The van der Waals surface area contributed by atoms with Crippen LogP contribution in [0, 0.1) is 0 Å². The maximum atomic E-state index is 13.0. The van der Waals surface area contributed by atoms with Crippen molar-refractivity contribution in [2.75, 3.05) is 13.2 Å². The lowest BCUT2D eigenvalue weighted by Gasteiger charge is -2.18. The van der Waals surface area contributed by atoms with E-state index in [0.717, 1.165) is 83.5 Å². The number of carbonyl (C=O) groups is 3. The van der Waals surface area contributed by atoms with Crippen LogP contribution in [0.1, 0.15) is 380 Å². The molecule has 0 N–H and O–H groups in total. The van der Waals surface area contributed by atoms with Gasteiger partial charge in [-0.15, -0.1) is 0 Å². The molecule has 0 amide bonds. The van der Waals surface area contributed by atoms with Gasteiger partial charge in [0.15, 0.2) is 6.10 Å². The molecule has 0 aliphatic heterocycles. The van der Waals surface area contributed by atoms with Crippen molar-refractivity contribution in [3.8, 4) is 0 Å². The first-order valence-corrected chi connectivity index (χ1v) is 35.8. The van der Waals surface area contributed by atoms with Crippen LogP contribution in [0.2, 0.25) is 0 Å². The van der Waals surface area contributed by atoms with Crippen LogP contribution in [0.25, 0.3) is 0 Å². The van der Waals surface area contributed by atoms with E-state index >= 15 is 0 Å². The molecule has 0 radical (unpaired) electrons. The molecule has 6 nitrogen and oxygen atoms in total. The third-order valence-corrected chi connectivity index (χ3v) is 16.0. The lowest BCUT2D eigenvalue weighted by Crippen LogP contribution is -2.30. The SMILES string of the molecule is CC/C=C\C/C=C\C/C=C\C/C=C\CCCCCCCCCCCCC(=O)OC(COC(=O)CCCCCCCCCCCCCCC/C=C\CCCCCCCCCC)COC(=O)CCCCCCCCCCCCCCCCC. The minimum atomic E-state index is -0.776. The zero-order valence-electron chi connectivity index (χ0n) is 54.3. The largest absolute Gasteiger partial charge is 0.462 e. The molecule has 81 heavy (non-hydrogen) atoms. The molecule has 0 aliphatic rings. The van der Waals surface area contributed by atoms with E-state index in [1.807, 2.05) is 0 Å². The topological polar surface area (TPSA) is 78.9 Å². The molecule has 0 spiro atoms. The molecule has 0 aliphatic carbocycles. The summed E-state index contributed by atoms with van der Waals surface area (Å²) >= 11 is 0. The maximum Gasteiger partial charge on any atom is 0.306 e. The average molecular weight is 1130 g/mol. The molecule has 0 heterocycles. The number of hydrogen-bond donors (Lipinski definition) is 0. The Morgan fingerprint density at radius 2 is 0.481 bits per heavy atom. The molecular formula is C75H136O6. The molecule has 0 saturated heterocycles. The van der Waals surface area contributed by atoms with Crippen molar-refractivity contribution in [1.82, 2.24) is 0 Å². The smallest absolute Gasteiger partial charge is 0.306 e. The number of carbonyl (C=O) groups excluding carboxylic acids is 3. The molecule has 472 valence electrons. The Balaban J connectivity index is 4.29. The van der Waals surface area contributed by atoms with Crippen LogP contribution in [-0.2, 0) is 28.6 Å². The number of esters is 3. The van der Waals surface area contributed by atoms with Gasteiger partial charge in [0.25, 0.3) is 0 Å². The van der Waals surface area contributed by atoms with Crippen molar-refractivity contribution >= 4 is 17.9 Å². The summed E-state index contributed by atoms with van der Waals surface area (Å²) in [5.74, 6) is -0.849. The number of unbranched alkanes of at least 4 members (excludes halogenated alkanes) is 45. The highest BCUT2D eigenvalue weighted by molar-refractivity contribution is 5.71. The molecule has 0 saturated carbocycles. The van der Waals surface area contributed by atoms with Crippen molar-refractivity contribution < 1.29 is 28.6 Å². The van der Waals surface area contributed by atoms with Gasteiger partial charge in [0.2, 0.25) is 0 Å². The van der Waals surface area contributed by atoms with Gasteiger partial charge >= 0.3 is 17.9 Å². The van der Waals surface area contributed by atoms with Crippen LogP contribution in [-0.4, -0.2) is 37.2 Å². The average Bonchev–Trinajstić information content (AvgIpc) is 3.47. The summed E-state index contributed by atoms with van der Waals surface area (Å²) in [5, 5.41) is 0. The van der Waals surface area contributed by atoms with Crippen molar-refractivity contribution in [3.63, 3.8) is 0 Å². The lowest BCUT2D eigenvalue weighted by molar-refractivity contribution is -0.167. The minimum absolute atomic E-state index is 0.0711. The third kappa shape index (κ3) is 67.8. The normalized spacial score (nSPS) is 12.4. The monoisotopic (exact) mass is 1130 g/mol. The molecule has 0 aromatic rings. The molecule has 1 atom stereocenters. The summed E-state index contributed by atoms with van der Waals surface area (Å²) in [6.45, 7) is 6.59. The molecule has 0 bridgehead atoms. The molecule has 6 heteroatoms. The Morgan fingerprint density at radius 3 is 0.765 bits per heavy atom. The molecule has 1 unspecified atom stereocenters. The Labute approximate surface area is 504 Å². The van der Waals surface area contributed by atoms with E-state index in [2.05, 4.69) is 81.5 Å². The van der Waals surface area contributed by atoms with E-state index in [0.29, 0.717) is 19.3 Å². The Morgan fingerprint density at radius 1 is 0.259 bits per heavy atom. The van der Waals surface area contributed by atoms with Gasteiger partial charge in [-0.2, -0.15) is 0 Å². The van der Waals surface area contributed by atoms with Gasteiger partial charge in [-0.25, -0.2) is 0 Å². The zero-order valence-corrected chi connectivity index (χ0v) is 54.3. The second-order valence-electron chi connectivity index (χ2n) is 24.1. The Hall–Kier alpha value is -2.89. The summed E-state index contributed by atoms with van der Waals surface area (Å²) in [7, 11) is 0. The lowest BCUT2D eigenvalue weighted by atomic mass is 10.0. The molecular weight excluding hydrogens is 997 g/mol. The van der Waals surface area contributed by atoms with Crippen LogP contribution in [0.15, 0.2) is 60.8 Å². The standard InChI is InChI=1S/C75H136O6/c1-4-7-10-13-16-19-22-25-28-30-32-34-36-37-39-40-42-44-47-50-53-56-59-62-65-68-74(77)80-71-72(70-79-73(76)67-64-61-58-55-52-49-46-27-24-21-18-15-12-9-6-3)81-75(78)69-66-63-60-57-54-51-48-45-43-41-38-35-33-31-29-26-23-20-17-14-11-8-5-2/h8,11,17,20,26,29-30,32-33,35,72H,4-7,9-10,12-16,18-19,21-25,27-28,31,34,36-71H2,1-3H3/b11-8-,20-17-,29-26-,32-30-,35-33-. The summed E-state index contributed by atoms with van der Waals surface area (Å²) in [6, 6.07) is 0. The highest BCUT2D eigenvalue weighted by atomic mass is 16.6. The highest BCUT2D eigenvalue weighted by Gasteiger charge is 2.19. The summed E-state index contributed by atoms with van der Waals surface area (Å²) < 4.78 is 17.0. The van der Waals surface area contributed by atoms with E-state index in [4.69, 9.17) is 14.2 Å². The number of ether oxygens (including phenoxy) is 3. The van der Waals surface area contributed by atoms with E-state index in [-0.39, 0.29) is 31.1 Å². The van der Waals surface area contributed by atoms with Gasteiger partial charge in [0.1, 0.15) is 13.2 Å². The Kier molecular flexibility index (Phi) is 67.1. The fourth-order valence-electron chi connectivity index (χ4n) is 10.7. The highest BCUT2D eigenvalue weighted by Crippen LogP contribution is 2.18. The van der Waals surface area contributed by atoms with Gasteiger partial charge < -0.3 is 14.2 Å². The van der Waals surface area contributed by atoms with Crippen LogP contribution in [0.3, 0.4) is 0 Å². The molecule has 0 fully saturated rings. The van der Waals surface area contributed by atoms with Gasteiger partial charge in [-0.3, -0.25) is 14.4 Å². The van der Waals surface area contributed by atoms with Crippen LogP contribution in [0.5, 0.6) is 0 Å². The molecule has 0 rings (SSSR count). The fraction of sp³-hybridized carbons (Fsp3) is 0.827. The molecule has 0 aromatic carbocycles. The third-order valence-electron chi connectivity index (χ3n) is 16.0. The first kappa shape index (κ1) is 78.1. The number of hydrogen-bond acceptors (Lipinski definition) is 6. The minimum Gasteiger partial charge on any atom is -0.462 e. The quantitative estimate of drug-likeness (QED) is 0.0261. The van der Waals surface area contributed by atoms with Crippen LogP contribution >= 0.6 is 0 Å². The van der Waals surface area contributed by atoms with E-state index < -0.39 is 6.10 Å². The second kappa shape index (κ2) is 69.6. The van der Waals surface area contributed by atoms with Gasteiger partial charge in [0.05, 0.1) is 0 Å². The Bertz CT molecular complexity index is 1440. The van der Waals surface area contributed by atoms with E-state index in [1.165, 1.54) is 257 Å². The summed E-state index contributed by atoms with van der Waals surface area (Å²) in [4.78, 5) is 38.5. The predicted octanol–water partition coefficient (Wildman–Crippen LogP) is 24.7. The van der Waals surface area contributed by atoms with Crippen LogP contribution < -0.4 is 0 Å². The summed E-state index contributed by atoms with van der Waals surface area (Å²) in [5.41, 5.74) is 0. The van der Waals surface area contributed by atoms with Crippen LogP contribution in [0.4, 0.5) is 0 Å². The van der Waals surface area contributed by atoms with Crippen molar-refractivity contribution in [1.29, 1.82) is 0 Å². The van der Waals surface area contributed by atoms with Crippen molar-refractivity contribution in [2.45, 2.75) is 386 Å². The predicted molar refractivity (Wildman–Crippen MR) is 353 cm³/mol. The van der Waals surface area contributed by atoms with Gasteiger partial charge in [-0.05, 0) is 83.5 Å². The first-order chi connectivity index (χ1) is 40.0. The van der Waals surface area contributed by atoms with Gasteiger partial charge in [-0.1, -0.05) is 338 Å². The van der Waals surface area contributed by atoms with E-state index in [9.17, 15) is 14.4 Å². The zero-order chi connectivity index (χ0) is 58.5.